The van der Waals surface area contributed by atoms with E-state index in [4.69, 9.17) is 34.8 Å². The topological polar surface area (TPSA) is 86.8 Å². The van der Waals surface area contributed by atoms with Gasteiger partial charge < -0.3 is 10.2 Å². The molecule has 0 fully saturated rings. The van der Waals surface area contributed by atoms with Crippen LogP contribution in [0.4, 0.5) is 5.69 Å². The summed E-state index contributed by atoms with van der Waals surface area (Å²) >= 11 is 19.4. The van der Waals surface area contributed by atoms with E-state index in [0.717, 1.165) is 9.87 Å². The summed E-state index contributed by atoms with van der Waals surface area (Å²) < 4.78 is 29.1. The molecule has 0 saturated carbocycles. The molecule has 0 aliphatic carbocycles. The second-order valence-electron chi connectivity index (χ2n) is 9.75. The van der Waals surface area contributed by atoms with E-state index in [-0.39, 0.29) is 23.5 Å². The van der Waals surface area contributed by atoms with E-state index in [0.29, 0.717) is 26.2 Å². The quantitative estimate of drug-likeness (QED) is 0.198. The number of anilines is 1. The SMILES string of the molecule is CNC(=O)C(Cc1ccccc1)N(Cc1c(Cl)cccc1Cl)C(=O)CN(c1cccc(Cl)c1C)S(=O)(=O)c1ccccc1. The van der Waals surface area contributed by atoms with E-state index in [1.54, 1.807) is 61.5 Å². The minimum absolute atomic E-state index is 0.00462. The first kappa shape index (κ1) is 32.4. The summed E-state index contributed by atoms with van der Waals surface area (Å²) in [7, 11) is -2.77. The number of rotatable bonds is 11. The van der Waals surface area contributed by atoms with Gasteiger partial charge in [-0.05, 0) is 54.4 Å². The first-order valence-corrected chi connectivity index (χ1v) is 15.9. The molecule has 0 heterocycles. The number of sulfonamides is 1. The molecule has 0 aromatic heterocycles. The fourth-order valence-electron chi connectivity index (χ4n) is 4.67. The summed E-state index contributed by atoms with van der Waals surface area (Å²) in [5.41, 5.74) is 1.94. The predicted octanol–water partition coefficient (Wildman–Crippen LogP) is 6.54. The highest BCUT2D eigenvalue weighted by Crippen LogP contribution is 2.32. The Kier molecular flexibility index (Phi) is 10.7. The third kappa shape index (κ3) is 7.51. The van der Waals surface area contributed by atoms with E-state index in [1.165, 1.54) is 24.1 Å². The van der Waals surface area contributed by atoms with Crippen LogP contribution in [0.5, 0.6) is 0 Å². The van der Waals surface area contributed by atoms with Gasteiger partial charge in [-0.1, -0.05) is 95.5 Å². The van der Waals surface area contributed by atoms with Gasteiger partial charge in [-0.15, -0.1) is 0 Å². The molecule has 2 amide bonds. The van der Waals surface area contributed by atoms with Gasteiger partial charge in [0.25, 0.3) is 10.0 Å². The maximum absolute atomic E-state index is 14.4. The zero-order valence-electron chi connectivity index (χ0n) is 23.5. The van der Waals surface area contributed by atoms with Crippen molar-refractivity contribution in [1.82, 2.24) is 10.2 Å². The smallest absolute Gasteiger partial charge is 0.264 e. The molecule has 4 rings (SSSR count). The summed E-state index contributed by atoms with van der Waals surface area (Å²) in [4.78, 5) is 29.1. The van der Waals surface area contributed by atoms with Crippen LogP contribution in [-0.4, -0.2) is 44.8 Å². The molecule has 0 aliphatic rings. The number of likely N-dealkylation sites (N-methyl/N-ethyl adjacent to an activating group) is 1. The first-order valence-electron chi connectivity index (χ1n) is 13.4. The summed E-state index contributed by atoms with van der Waals surface area (Å²) in [6, 6.07) is 25.8. The van der Waals surface area contributed by atoms with Gasteiger partial charge in [0.05, 0.1) is 10.6 Å². The molecule has 0 radical (unpaired) electrons. The van der Waals surface area contributed by atoms with Crippen molar-refractivity contribution in [2.75, 3.05) is 17.9 Å². The van der Waals surface area contributed by atoms with Gasteiger partial charge in [-0.2, -0.15) is 0 Å². The number of carbonyl (C=O) groups is 2. The molecule has 0 bridgehead atoms. The molecule has 11 heteroatoms. The lowest BCUT2D eigenvalue weighted by atomic mass is 10.0. The monoisotopic (exact) mass is 657 g/mol. The van der Waals surface area contributed by atoms with Gasteiger partial charge in [0.2, 0.25) is 11.8 Å². The summed E-state index contributed by atoms with van der Waals surface area (Å²) in [5, 5.41) is 3.59. The second-order valence-corrected chi connectivity index (χ2v) is 12.8. The summed E-state index contributed by atoms with van der Waals surface area (Å²) in [6.07, 6.45) is 0.163. The highest BCUT2D eigenvalue weighted by Gasteiger charge is 2.35. The second kappa shape index (κ2) is 14.3. The first-order chi connectivity index (χ1) is 20.5. The van der Waals surface area contributed by atoms with Gasteiger partial charge in [-0.25, -0.2) is 8.42 Å². The zero-order chi connectivity index (χ0) is 31.1. The van der Waals surface area contributed by atoms with Crippen molar-refractivity contribution in [2.45, 2.75) is 30.8 Å². The molecule has 224 valence electrons. The number of hydrogen-bond donors (Lipinski definition) is 1. The van der Waals surface area contributed by atoms with Gasteiger partial charge >= 0.3 is 0 Å². The predicted molar refractivity (Wildman–Crippen MR) is 172 cm³/mol. The number of carbonyl (C=O) groups excluding carboxylic acids is 2. The van der Waals surface area contributed by atoms with E-state index in [1.807, 2.05) is 30.3 Å². The Morgan fingerprint density at radius 2 is 1.35 bits per heavy atom. The Labute approximate surface area is 267 Å². The maximum atomic E-state index is 14.4. The average Bonchev–Trinajstić information content (AvgIpc) is 3.01. The number of nitrogens with one attached hydrogen (secondary N) is 1. The average molecular weight is 659 g/mol. The molecule has 43 heavy (non-hydrogen) atoms. The molecule has 4 aromatic carbocycles. The lowest BCUT2D eigenvalue weighted by molar-refractivity contribution is -0.139. The molecular weight excluding hydrogens is 629 g/mol. The Morgan fingerprint density at radius 3 is 1.95 bits per heavy atom. The van der Waals surface area contributed by atoms with Gasteiger partial charge in [0, 0.05) is 40.6 Å². The molecule has 0 aliphatic heterocycles. The zero-order valence-corrected chi connectivity index (χ0v) is 26.6. The van der Waals surface area contributed by atoms with Crippen LogP contribution in [0, 0.1) is 6.92 Å². The fourth-order valence-corrected chi connectivity index (χ4v) is 6.85. The van der Waals surface area contributed by atoms with Crippen LogP contribution >= 0.6 is 34.8 Å². The van der Waals surface area contributed by atoms with Crippen molar-refractivity contribution in [2.24, 2.45) is 0 Å². The molecule has 7 nitrogen and oxygen atoms in total. The van der Waals surface area contributed by atoms with E-state index < -0.39 is 34.4 Å². The van der Waals surface area contributed by atoms with Crippen LogP contribution in [-0.2, 0) is 32.6 Å². The van der Waals surface area contributed by atoms with Crippen LogP contribution in [0.25, 0.3) is 0 Å². The summed E-state index contributed by atoms with van der Waals surface area (Å²) in [6.45, 7) is 0.915. The summed E-state index contributed by atoms with van der Waals surface area (Å²) in [5.74, 6) is -1.07. The van der Waals surface area contributed by atoms with Crippen LogP contribution in [0.2, 0.25) is 15.1 Å². The standard InChI is InChI=1S/C32H30Cl3N3O4S/c1-22-26(33)15-10-18-29(22)38(43(41,42)24-13-7-4-8-14-24)21-31(39)37(20-25-27(34)16-9-17-28(25)35)30(32(40)36-2)19-23-11-5-3-6-12-23/h3-18,30H,19-21H2,1-2H3,(H,36,40). The largest absolute Gasteiger partial charge is 0.357 e. The Bertz CT molecular complexity index is 1680. The van der Waals surface area contributed by atoms with Crippen LogP contribution in [0.3, 0.4) is 0 Å². The van der Waals surface area contributed by atoms with E-state index in [9.17, 15) is 18.0 Å². The van der Waals surface area contributed by atoms with Crippen LogP contribution in [0.1, 0.15) is 16.7 Å². The molecule has 4 aromatic rings. The Morgan fingerprint density at radius 1 is 0.791 bits per heavy atom. The van der Waals surface area contributed by atoms with E-state index in [2.05, 4.69) is 5.32 Å². The fraction of sp³-hybridized carbons (Fsp3) is 0.188. The van der Waals surface area contributed by atoms with Crippen molar-refractivity contribution >= 4 is 62.3 Å². The molecule has 0 saturated heterocycles. The van der Waals surface area contributed by atoms with Gasteiger partial charge in [0.1, 0.15) is 12.6 Å². The lowest BCUT2D eigenvalue weighted by Crippen LogP contribution is -2.53. The van der Waals surface area contributed by atoms with Crippen molar-refractivity contribution in [3.05, 3.63) is 129 Å². The minimum atomic E-state index is -4.25. The number of nitrogens with zero attached hydrogens (tertiary/aromatic N) is 2. The maximum Gasteiger partial charge on any atom is 0.264 e. The molecule has 1 N–H and O–H groups in total. The Hall–Kier alpha value is -3.56. The molecule has 1 atom stereocenters. The molecular formula is C32H30Cl3N3O4S. The minimum Gasteiger partial charge on any atom is -0.357 e. The lowest BCUT2D eigenvalue weighted by Gasteiger charge is -2.34. The molecule has 0 spiro atoms. The highest BCUT2D eigenvalue weighted by molar-refractivity contribution is 7.92. The van der Waals surface area contributed by atoms with Crippen molar-refractivity contribution in [3.63, 3.8) is 0 Å². The third-order valence-electron chi connectivity index (χ3n) is 7.03. The van der Waals surface area contributed by atoms with Crippen molar-refractivity contribution < 1.29 is 18.0 Å². The molecule has 1 unspecified atom stereocenters. The number of hydrogen-bond acceptors (Lipinski definition) is 4. The van der Waals surface area contributed by atoms with E-state index >= 15 is 0 Å². The number of halogens is 3. The van der Waals surface area contributed by atoms with Gasteiger partial charge in [0.15, 0.2) is 0 Å². The van der Waals surface area contributed by atoms with Gasteiger partial charge in [-0.3, -0.25) is 13.9 Å². The highest BCUT2D eigenvalue weighted by atomic mass is 35.5. The number of amides is 2. The number of benzene rings is 4. The normalized spacial score (nSPS) is 11.9. The van der Waals surface area contributed by atoms with Crippen molar-refractivity contribution in [1.29, 1.82) is 0 Å². The third-order valence-corrected chi connectivity index (χ3v) is 9.92. The van der Waals surface area contributed by atoms with Crippen LogP contribution in [0.15, 0.2) is 102 Å². The van der Waals surface area contributed by atoms with Crippen molar-refractivity contribution in [3.8, 4) is 0 Å². The Balaban J connectivity index is 1.85. The van der Waals surface area contributed by atoms with Crippen LogP contribution < -0.4 is 9.62 Å².